The van der Waals surface area contributed by atoms with Crippen LogP contribution in [0.3, 0.4) is 0 Å². The van der Waals surface area contributed by atoms with Crippen LogP contribution < -0.4 is 5.32 Å². The fourth-order valence-corrected chi connectivity index (χ4v) is 2.53. The van der Waals surface area contributed by atoms with E-state index in [1.54, 1.807) is 10.9 Å². The van der Waals surface area contributed by atoms with Gasteiger partial charge >= 0.3 is 0 Å². The van der Waals surface area contributed by atoms with E-state index in [2.05, 4.69) is 26.7 Å². The van der Waals surface area contributed by atoms with E-state index in [0.29, 0.717) is 12.3 Å². The average Bonchev–Trinajstić information content (AvgIpc) is 2.93. The predicted molar refractivity (Wildman–Crippen MR) is 75.1 cm³/mol. The summed E-state index contributed by atoms with van der Waals surface area (Å²) in [5.41, 5.74) is 2.58. The smallest absolute Gasteiger partial charge is 0.172 e. The zero-order valence-electron chi connectivity index (χ0n) is 11.9. The molecule has 0 spiro atoms. The number of ether oxygens (including phenoxy) is 1. The van der Waals surface area contributed by atoms with E-state index in [4.69, 9.17) is 4.74 Å². The summed E-state index contributed by atoms with van der Waals surface area (Å²) in [4.78, 5) is 0. The third kappa shape index (κ3) is 2.51. The molecule has 1 fully saturated rings. The van der Waals surface area contributed by atoms with Crippen LogP contribution in [0.5, 0.6) is 0 Å². The molecule has 3 rings (SSSR count). The molecule has 21 heavy (non-hydrogen) atoms. The monoisotopic (exact) mass is 284 g/mol. The molecule has 0 radical (unpaired) electrons. The van der Waals surface area contributed by atoms with Gasteiger partial charge in [0.05, 0.1) is 18.0 Å². The van der Waals surface area contributed by atoms with Crippen molar-refractivity contribution in [2.75, 3.05) is 13.2 Å². The molecule has 1 aliphatic rings. The molecule has 108 valence electrons. The maximum atomic E-state index is 9.24. The Hall–Kier alpha value is -2.30. The summed E-state index contributed by atoms with van der Waals surface area (Å²) in [6.45, 7) is 3.52. The molecule has 0 amide bonds. The number of hydrogen-bond acceptors (Lipinski definition) is 6. The molecule has 0 saturated carbocycles. The second-order valence-corrected chi connectivity index (χ2v) is 5.02. The lowest BCUT2D eigenvalue weighted by atomic mass is 10.0. The van der Waals surface area contributed by atoms with Gasteiger partial charge in [0, 0.05) is 31.4 Å². The number of nitrogens with zero attached hydrogens (tertiary/aromatic N) is 5. The van der Waals surface area contributed by atoms with E-state index in [-0.39, 0.29) is 12.1 Å². The topological polar surface area (TPSA) is 88.6 Å². The van der Waals surface area contributed by atoms with E-state index in [1.165, 1.54) is 0 Å². The van der Waals surface area contributed by atoms with Gasteiger partial charge in [-0.2, -0.15) is 15.5 Å². The minimum atomic E-state index is -0.161. The van der Waals surface area contributed by atoms with Crippen molar-refractivity contribution in [3.63, 3.8) is 0 Å². The van der Waals surface area contributed by atoms with Crippen LogP contribution in [0.4, 0.5) is 0 Å². The molecule has 0 aliphatic carbocycles. The minimum absolute atomic E-state index is 0.153. The fraction of sp³-hybridized carbons (Fsp3) is 0.429. The summed E-state index contributed by atoms with van der Waals surface area (Å²) in [6, 6.07) is 5.96. The largest absolute Gasteiger partial charge is 0.369 e. The fourth-order valence-electron chi connectivity index (χ4n) is 2.53. The highest BCUT2D eigenvalue weighted by molar-refractivity contribution is 5.65. The van der Waals surface area contributed by atoms with Crippen LogP contribution in [-0.4, -0.2) is 39.2 Å². The van der Waals surface area contributed by atoms with Crippen LogP contribution in [0.25, 0.3) is 11.3 Å². The van der Waals surface area contributed by atoms with Crippen molar-refractivity contribution in [1.82, 2.24) is 25.3 Å². The molecule has 1 unspecified atom stereocenters. The maximum absolute atomic E-state index is 9.24. The Morgan fingerprint density at radius 1 is 1.48 bits per heavy atom. The summed E-state index contributed by atoms with van der Waals surface area (Å²) in [6.07, 6.45) is 1.53. The number of aromatic nitrogens is 4. The van der Waals surface area contributed by atoms with Crippen molar-refractivity contribution in [2.24, 2.45) is 7.05 Å². The summed E-state index contributed by atoms with van der Waals surface area (Å²) in [5.74, 6) is 0. The van der Waals surface area contributed by atoms with Gasteiger partial charge in [-0.15, -0.1) is 5.10 Å². The molecule has 7 nitrogen and oxygen atoms in total. The van der Waals surface area contributed by atoms with Crippen molar-refractivity contribution in [1.29, 1.82) is 5.26 Å². The number of aryl methyl sites for hydroxylation is 1. The maximum Gasteiger partial charge on any atom is 0.172 e. The zero-order chi connectivity index (χ0) is 14.8. The SMILES string of the molecule is CC1NCCO[C@H]1c1cc(-c2ccnn2C)c(C#N)nn1. The zero-order valence-corrected chi connectivity index (χ0v) is 11.9. The Morgan fingerprint density at radius 2 is 2.33 bits per heavy atom. The van der Waals surface area contributed by atoms with Gasteiger partial charge in [0.1, 0.15) is 12.2 Å². The highest BCUT2D eigenvalue weighted by atomic mass is 16.5. The van der Waals surface area contributed by atoms with Gasteiger partial charge in [0.2, 0.25) is 0 Å². The van der Waals surface area contributed by atoms with Crippen LogP contribution in [0, 0.1) is 11.3 Å². The molecule has 1 aliphatic heterocycles. The van der Waals surface area contributed by atoms with Crippen molar-refractivity contribution in [3.05, 3.63) is 29.7 Å². The minimum Gasteiger partial charge on any atom is -0.369 e. The Balaban J connectivity index is 2.05. The number of nitrogens with one attached hydrogen (secondary N) is 1. The van der Waals surface area contributed by atoms with Crippen LogP contribution in [0.15, 0.2) is 18.3 Å². The van der Waals surface area contributed by atoms with Gasteiger partial charge in [0.25, 0.3) is 0 Å². The predicted octanol–water partition coefficient (Wildman–Crippen LogP) is 0.798. The van der Waals surface area contributed by atoms with Gasteiger partial charge < -0.3 is 10.1 Å². The summed E-state index contributed by atoms with van der Waals surface area (Å²) < 4.78 is 7.50. The van der Waals surface area contributed by atoms with Crippen molar-refractivity contribution in [3.8, 4) is 17.3 Å². The Kier molecular flexibility index (Phi) is 3.64. The average molecular weight is 284 g/mol. The molecule has 3 heterocycles. The first-order valence-electron chi connectivity index (χ1n) is 6.82. The third-order valence-electron chi connectivity index (χ3n) is 3.63. The van der Waals surface area contributed by atoms with Gasteiger partial charge in [-0.3, -0.25) is 4.68 Å². The van der Waals surface area contributed by atoms with Gasteiger partial charge in [-0.05, 0) is 19.1 Å². The number of nitriles is 1. The molecule has 2 aromatic heterocycles. The Labute approximate surface area is 122 Å². The first-order valence-corrected chi connectivity index (χ1v) is 6.82. The molecule has 0 aromatic carbocycles. The Morgan fingerprint density at radius 3 is 3.00 bits per heavy atom. The van der Waals surface area contributed by atoms with E-state index in [9.17, 15) is 5.26 Å². The second-order valence-electron chi connectivity index (χ2n) is 5.02. The second kappa shape index (κ2) is 5.60. The lowest BCUT2D eigenvalue weighted by molar-refractivity contribution is -0.00330. The number of morpholine rings is 1. The molecule has 7 heteroatoms. The molecule has 1 N–H and O–H groups in total. The van der Waals surface area contributed by atoms with Crippen molar-refractivity contribution in [2.45, 2.75) is 19.1 Å². The normalized spacial score (nSPS) is 22.0. The van der Waals surface area contributed by atoms with Gasteiger partial charge in [-0.1, -0.05) is 0 Å². The van der Waals surface area contributed by atoms with E-state index < -0.39 is 0 Å². The highest BCUT2D eigenvalue weighted by Gasteiger charge is 2.26. The lowest BCUT2D eigenvalue weighted by Crippen LogP contribution is -2.41. The number of hydrogen-bond donors (Lipinski definition) is 1. The van der Waals surface area contributed by atoms with Crippen molar-refractivity contribution >= 4 is 0 Å². The van der Waals surface area contributed by atoms with Crippen LogP contribution >= 0.6 is 0 Å². The van der Waals surface area contributed by atoms with E-state index >= 15 is 0 Å². The van der Waals surface area contributed by atoms with Gasteiger partial charge in [0.15, 0.2) is 5.69 Å². The first-order chi connectivity index (χ1) is 10.2. The molecule has 2 aromatic rings. The van der Waals surface area contributed by atoms with E-state index in [0.717, 1.165) is 23.5 Å². The standard InChI is InChI=1S/C14H16N6O/c1-9-14(21-6-5-16-9)11-7-10(12(8-15)19-18-11)13-3-4-17-20(13)2/h3-4,7,9,14,16H,5-6H2,1-2H3/t9?,14-/m1/s1. The van der Waals surface area contributed by atoms with Crippen LogP contribution in [-0.2, 0) is 11.8 Å². The quantitative estimate of drug-likeness (QED) is 0.877. The molecule has 0 bridgehead atoms. The summed E-state index contributed by atoms with van der Waals surface area (Å²) >= 11 is 0. The number of rotatable bonds is 2. The lowest BCUT2D eigenvalue weighted by Gasteiger charge is -2.29. The van der Waals surface area contributed by atoms with Crippen LogP contribution in [0.2, 0.25) is 0 Å². The first kappa shape index (κ1) is 13.7. The van der Waals surface area contributed by atoms with E-state index in [1.807, 2.05) is 26.1 Å². The van der Waals surface area contributed by atoms with Crippen molar-refractivity contribution < 1.29 is 4.74 Å². The molecule has 1 saturated heterocycles. The van der Waals surface area contributed by atoms with Crippen LogP contribution in [0.1, 0.15) is 24.4 Å². The summed E-state index contributed by atoms with van der Waals surface area (Å²) in [5, 5.41) is 24.9. The summed E-state index contributed by atoms with van der Waals surface area (Å²) in [7, 11) is 1.83. The Bertz CT molecular complexity index is 689. The highest BCUT2D eigenvalue weighted by Crippen LogP contribution is 2.27. The molecular weight excluding hydrogens is 268 g/mol. The van der Waals surface area contributed by atoms with Gasteiger partial charge in [-0.25, -0.2) is 0 Å². The third-order valence-corrected chi connectivity index (χ3v) is 3.63. The molecular formula is C14H16N6O. The molecule has 2 atom stereocenters.